The van der Waals surface area contributed by atoms with Crippen LogP contribution in [0.1, 0.15) is 5.56 Å². The molecule has 0 fully saturated rings. The Balaban J connectivity index is 1.83. The molecule has 1 atom stereocenters. The zero-order chi connectivity index (χ0) is 24.1. The summed E-state index contributed by atoms with van der Waals surface area (Å²) >= 11 is 0. The van der Waals surface area contributed by atoms with Gasteiger partial charge in [0.1, 0.15) is 0 Å². The number of fused-ring (bicyclic) bond motifs is 1. The SMILES string of the molecule is Cc1ccc2c(c1)c(-c1ccccc1)c(-c1ccccc1)n2C[C@H](O)CNC(CO)(CO)CO. The Labute approximate surface area is 199 Å². The Morgan fingerprint density at radius 3 is 2.00 bits per heavy atom. The van der Waals surface area contributed by atoms with Crippen molar-refractivity contribution in [3.05, 3.63) is 84.4 Å². The molecule has 4 aromatic rings. The fourth-order valence-electron chi connectivity index (χ4n) is 4.38. The molecule has 1 aromatic heterocycles. The van der Waals surface area contributed by atoms with Crippen molar-refractivity contribution in [2.24, 2.45) is 0 Å². The zero-order valence-electron chi connectivity index (χ0n) is 19.4. The molecule has 0 unspecified atom stereocenters. The fourth-order valence-corrected chi connectivity index (χ4v) is 4.38. The van der Waals surface area contributed by atoms with E-state index in [9.17, 15) is 20.4 Å². The number of nitrogens with zero attached hydrogens (tertiary/aromatic N) is 1. The van der Waals surface area contributed by atoms with Crippen molar-refractivity contribution >= 4 is 10.9 Å². The highest BCUT2D eigenvalue weighted by molar-refractivity contribution is 6.04. The van der Waals surface area contributed by atoms with Gasteiger partial charge in [-0.1, -0.05) is 72.3 Å². The van der Waals surface area contributed by atoms with Crippen LogP contribution in [0.2, 0.25) is 0 Å². The van der Waals surface area contributed by atoms with Crippen molar-refractivity contribution < 1.29 is 20.4 Å². The van der Waals surface area contributed by atoms with Gasteiger partial charge in [0.15, 0.2) is 0 Å². The number of aliphatic hydroxyl groups excluding tert-OH is 4. The Morgan fingerprint density at radius 2 is 1.41 bits per heavy atom. The molecule has 0 bridgehead atoms. The molecule has 6 nitrogen and oxygen atoms in total. The first-order valence-electron chi connectivity index (χ1n) is 11.5. The molecular weight excluding hydrogens is 428 g/mol. The van der Waals surface area contributed by atoms with Gasteiger partial charge in [-0.15, -0.1) is 0 Å². The first kappa shape index (κ1) is 24.1. The normalized spacial score (nSPS) is 12.9. The van der Waals surface area contributed by atoms with Crippen LogP contribution in [0.15, 0.2) is 78.9 Å². The van der Waals surface area contributed by atoms with Gasteiger partial charge in [0.05, 0.1) is 43.7 Å². The highest BCUT2D eigenvalue weighted by Crippen LogP contribution is 2.41. The molecule has 6 heteroatoms. The van der Waals surface area contributed by atoms with E-state index in [2.05, 4.69) is 59.3 Å². The molecule has 1 heterocycles. The molecule has 0 saturated heterocycles. The Bertz CT molecular complexity index is 1210. The van der Waals surface area contributed by atoms with E-state index in [4.69, 9.17) is 0 Å². The summed E-state index contributed by atoms with van der Waals surface area (Å²) in [6, 6.07) is 26.7. The first-order chi connectivity index (χ1) is 16.5. The molecule has 0 aliphatic rings. The Hall–Kier alpha value is -3.00. The molecule has 34 heavy (non-hydrogen) atoms. The molecule has 0 amide bonds. The summed E-state index contributed by atoms with van der Waals surface area (Å²) in [5, 5.41) is 43.8. The third-order valence-electron chi connectivity index (χ3n) is 6.34. The van der Waals surface area contributed by atoms with Crippen LogP contribution in [0.3, 0.4) is 0 Å². The molecule has 0 aliphatic carbocycles. The average Bonchev–Trinajstić information content (AvgIpc) is 3.19. The summed E-state index contributed by atoms with van der Waals surface area (Å²) in [4.78, 5) is 0. The van der Waals surface area contributed by atoms with Crippen LogP contribution in [0.25, 0.3) is 33.3 Å². The lowest BCUT2D eigenvalue weighted by molar-refractivity contribution is 0.0308. The third kappa shape index (κ3) is 4.78. The van der Waals surface area contributed by atoms with Gasteiger partial charge in [0, 0.05) is 23.0 Å². The van der Waals surface area contributed by atoms with Crippen molar-refractivity contribution in [1.82, 2.24) is 9.88 Å². The summed E-state index contributed by atoms with van der Waals surface area (Å²) in [6.07, 6.45) is -0.827. The van der Waals surface area contributed by atoms with E-state index in [1.54, 1.807) is 0 Å². The molecule has 0 aliphatic heterocycles. The summed E-state index contributed by atoms with van der Waals surface area (Å²) < 4.78 is 2.14. The zero-order valence-corrected chi connectivity index (χ0v) is 19.4. The minimum absolute atomic E-state index is 0.0993. The molecule has 0 saturated carbocycles. The number of nitrogens with one attached hydrogen (secondary N) is 1. The van der Waals surface area contributed by atoms with Crippen LogP contribution in [0, 0.1) is 6.92 Å². The molecule has 3 aromatic carbocycles. The average molecular weight is 461 g/mol. The quantitative estimate of drug-likeness (QED) is 0.251. The predicted molar refractivity (Wildman–Crippen MR) is 136 cm³/mol. The van der Waals surface area contributed by atoms with E-state index in [-0.39, 0.29) is 6.54 Å². The molecule has 178 valence electrons. The van der Waals surface area contributed by atoms with Crippen molar-refractivity contribution in [3.8, 4) is 22.4 Å². The maximum Gasteiger partial charge on any atom is 0.0882 e. The highest BCUT2D eigenvalue weighted by atomic mass is 16.3. The van der Waals surface area contributed by atoms with Crippen LogP contribution in [0.5, 0.6) is 0 Å². The summed E-state index contributed by atoms with van der Waals surface area (Å²) in [6.45, 7) is 1.15. The second-order valence-electron chi connectivity index (χ2n) is 8.88. The number of β-amino-alcohol motifs (C(OH)–C–C–N with tert-alkyl or cyclic N) is 1. The summed E-state index contributed by atoms with van der Waals surface area (Å²) in [5.74, 6) is 0. The molecule has 0 spiro atoms. The van der Waals surface area contributed by atoms with Gasteiger partial charge in [-0.25, -0.2) is 0 Å². The van der Waals surface area contributed by atoms with E-state index in [0.29, 0.717) is 6.54 Å². The van der Waals surface area contributed by atoms with E-state index in [1.165, 1.54) is 0 Å². The van der Waals surface area contributed by atoms with Crippen molar-refractivity contribution in [2.75, 3.05) is 26.4 Å². The lowest BCUT2D eigenvalue weighted by Gasteiger charge is -2.30. The van der Waals surface area contributed by atoms with Crippen molar-refractivity contribution in [2.45, 2.75) is 25.1 Å². The first-order valence-corrected chi connectivity index (χ1v) is 11.5. The number of hydrogen-bond donors (Lipinski definition) is 5. The van der Waals surface area contributed by atoms with Crippen LogP contribution >= 0.6 is 0 Å². The second-order valence-corrected chi connectivity index (χ2v) is 8.88. The van der Waals surface area contributed by atoms with Gasteiger partial charge in [-0.05, 0) is 30.2 Å². The molecule has 5 N–H and O–H groups in total. The van der Waals surface area contributed by atoms with E-state index in [0.717, 1.165) is 38.9 Å². The number of aliphatic hydroxyl groups is 4. The maximum absolute atomic E-state index is 11.0. The lowest BCUT2D eigenvalue weighted by atomic mass is 9.97. The molecule has 0 radical (unpaired) electrons. The Morgan fingerprint density at radius 1 is 0.824 bits per heavy atom. The topological polar surface area (TPSA) is 97.9 Å². The van der Waals surface area contributed by atoms with Gasteiger partial charge < -0.3 is 30.3 Å². The third-order valence-corrected chi connectivity index (χ3v) is 6.34. The number of aromatic nitrogens is 1. The molecule has 4 rings (SSSR count). The van der Waals surface area contributed by atoms with E-state index in [1.807, 2.05) is 36.4 Å². The number of benzene rings is 3. The predicted octanol–water partition coefficient (Wildman–Crippen LogP) is 2.95. The van der Waals surface area contributed by atoms with Gasteiger partial charge in [0.2, 0.25) is 0 Å². The Kier molecular flexibility index (Phi) is 7.46. The number of rotatable bonds is 10. The smallest absolute Gasteiger partial charge is 0.0882 e. The molecular formula is C28H32N2O4. The van der Waals surface area contributed by atoms with Gasteiger partial charge >= 0.3 is 0 Å². The van der Waals surface area contributed by atoms with E-state index < -0.39 is 31.5 Å². The van der Waals surface area contributed by atoms with Crippen molar-refractivity contribution in [3.63, 3.8) is 0 Å². The second kappa shape index (κ2) is 10.5. The number of aryl methyl sites for hydroxylation is 1. The highest BCUT2D eigenvalue weighted by Gasteiger charge is 2.29. The summed E-state index contributed by atoms with van der Waals surface area (Å²) in [7, 11) is 0. The van der Waals surface area contributed by atoms with Gasteiger partial charge in [-0.2, -0.15) is 0 Å². The van der Waals surface area contributed by atoms with Crippen LogP contribution in [0.4, 0.5) is 0 Å². The largest absolute Gasteiger partial charge is 0.394 e. The summed E-state index contributed by atoms with van der Waals surface area (Å²) in [5.41, 5.74) is 5.20. The maximum atomic E-state index is 11.0. The van der Waals surface area contributed by atoms with Crippen LogP contribution < -0.4 is 5.32 Å². The van der Waals surface area contributed by atoms with Gasteiger partial charge in [-0.3, -0.25) is 0 Å². The van der Waals surface area contributed by atoms with Gasteiger partial charge in [0.25, 0.3) is 0 Å². The minimum Gasteiger partial charge on any atom is -0.394 e. The minimum atomic E-state index is -1.24. The lowest BCUT2D eigenvalue weighted by Crippen LogP contribution is -2.56. The fraction of sp³-hybridized carbons (Fsp3) is 0.286. The standard InChI is InChI=1S/C28H32N2O4/c1-20-12-13-25-24(14-20)26(21-8-4-2-5-9-21)27(22-10-6-3-7-11-22)30(25)16-23(34)15-29-28(17-31,18-32)19-33/h2-14,23,29,31-34H,15-19H2,1H3/t23-/m1/s1. The van der Waals surface area contributed by atoms with Crippen LogP contribution in [-0.2, 0) is 6.54 Å². The van der Waals surface area contributed by atoms with Crippen molar-refractivity contribution in [1.29, 1.82) is 0 Å². The number of hydrogen-bond acceptors (Lipinski definition) is 5. The monoisotopic (exact) mass is 460 g/mol. The van der Waals surface area contributed by atoms with Crippen LogP contribution in [-0.4, -0.2) is 63.0 Å². The van der Waals surface area contributed by atoms with E-state index >= 15 is 0 Å².